The number of hydrogen-bond donors (Lipinski definition) is 0. The molecular formula is C19H16F2N2O5. The van der Waals surface area contributed by atoms with E-state index in [0.29, 0.717) is 16.6 Å². The molecule has 9 heteroatoms. The lowest BCUT2D eigenvalue weighted by Crippen LogP contribution is -2.25. The molecule has 28 heavy (non-hydrogen) atoms. The van der Waals surface area contributed by atoms with Gasteiger partial charge in [-0.15, -0.1) is 0 Å². The first-order chi connectivity index (χ1) is 13.5. The summed E-state index contributed by atoms with van der Waals surface area (Å²) in [5.74, 6) is -0.669. The van der Waals surface area contributed by atoms with Crippen molar-refractivity contribution in [1.29, 1.82) is 0 Å². The molecule has 1 heterocycles. The molecular weight excluding hydrogens is 374 g/mol. The van der Waals surface area contributed by atoms with E-state index >= 15 is 0 Å². The third kappa shape index (κ3) is 4.43. The highest BCUT2D eigenvalue weighted by Gasteiger charge is 2.13. The maximum atomic E-state index is 12.4. The van der Waals surface area contributed by atoms with E-state index < -0.39 is 18.1 Å². The molecule has 146 valence electrons. The minimum atomic E-state index is -2.98. The number of methoxy groups -OCH3 is 1. The summed E-state index contributed by atoms with van der Waals surface area (Å²) in [5.41, 5.74) is 1.18. The summed E-state index contributed by atoms with van der Waals surface area (Å²) in [6.07, 6.45) is 1.14. The molecule has 0 spiro atoms. The third-order valence-electron chi connectivity index (χ3n) is 3.88. The number of benzene rings is 2. The number of para-hydroxylation sites is 2. The molecule has 0 aliphatic carbocycles. The number of aromatic nitrogens is 2. The van der Waals surface area contributed by atoms with Gasteiger partial charge in [0, 0.05) is 0 Å². The minimum Gasteiger partial charge on any atom is -0.493 e. The van der Waals surface area contributed by atoms with E-state index in [4.69, 9.17) is 9.47 Å². The fourth-order valence-corrected chi connectivity index (χ4v) is 2.61. The fraction of sp³-hybridized carbons (Fsp3) is 0.211. The Kier molecular flexibility index (Phi) is 5.83. The van der Waals surface area contributed by atoms with Crippen LogP contribution in [0.5, 0.6) is 11.5 Å². The van der Waals surface area contributed by atoms with Crippen molar-refractivity contribution in [2.45, 2.75) is 19.8 Å². The quantitative estimate of drug-likeness (QED) is 0.577. The first-order valence-corrected chi connectivity index (χ1v) is 8.20. The maximum Gasteiger partial charge on any atom is 0.387 e. The molecule has 0 unspecified atom stereocenters. The van der Waals surface area contributed by atoms with Crippen LogP contribution in [-0.4, -0.2) is 29.2 Å². The summed E-state index contributed by atoms with van der Waals surface area (Å²) < 4.78 is 40.5. The second-order valence-corrected chi connectivity index (χ2v) is 5.70. The number of esters is 1. The van der Waals surface area contributed by atoms with Crippen LogP contribution in [0.25, 0.3) is 11.0 Å². The number of alkyl halides is 2. The Bertz CT molecular complexity index is 1050. The van der Waals surface area contributed by atoms with Gasteiger partial charge in [-0.05, 0) is 29.8 Å². The van der Waals surface area contributed by atoms with Gasteiger partial charge in [-0.3, -0.25) is 14.2 Å². The number of ether oxygens (including phenoxy) is 3. The lowest BCUT2D eigenvalue weighted by molar-refractivity contribution is -0.145. The molecule has 0 amide bonds. The smallest absolute Gasteiger partial charge is 0.387 e. The van der Waals surface area contributed by atoms with Gasteiger partial charge < -0.3 is 14.2 Å². The third-order valence-corrected chi connectivity index (χ3v) is 3.88. The van der Waals surface area contributed by atoms with E-state index in [1.54, 1.807) is 24.3 Å². The molecule has 1 aromatic heterocycles. The number of carbonyl (C=O) groups excluding carboxylic acids is 1. The van der Waals surface area contributed by atoms with Crippen molar-refractivity contribution < 1.29 is 27.8 Å². The number of hydrogen-bond acceptors (Lipinski definition) is 6. The number of nitrogens with zero attached hydrogens (tertiary/aromatic N) is 2. The van der Waals surface area contributed by atoms with Gasteiger partial charge in [-0.25, -0.2) is 4.98 Å². The van der Waals surface area contributed by atoms with E-state index in [1.807, 2.05) is 0 Å². The van der Waals surface area contributed by atoms with Gasteiger partial charge in [-0.2, -0.15) is 8.78 Å². The highest BCUT2D eigenvalue weighted by molar-refractivity contribution is 5.77. The van der Waals surface area contributed by atoms with Crippen LogP contribution in [0.3, 0.4) is 0 Å². The Morgan fingerprint density at radius 3 is 2.71 bits per heavy atom. The van der Waals surface area contributed by atoms with Gasteiger partial charge in [0.2, 0.25) is 0 Å². The molecule has 0 bridgehead atoms. The molecule has 3 aromatic rings. The summed E-state index contributed by atoms with van der Waals surface area (Å²) in [6.45, 7) is -3.39. The standard InChI is InChI=1S/C19H16F2N2O5/c1-26-16-8-12(6-7-15(16)28-19(20)21)11-27-18(25)10-23-14-5-3-2-4-13(14)22-9-17(23)24/h2-9,19H,10-11H2,1H3. The van der Waals surface area contributed by atoms with Crippen LogP contribution < -0.4 is 15.0 Å². The van der Waals surface area contributed by atoms with E-state index in [-0.39, 0.29) is 24.7 Å². The highest BCUT2D eigenvalue weighted by Crippen LogP contribution is 2.29. The first-order valence-electron chi connectivity index (χ1n) is 8.20. The zero-order valence-electron chi connectivity index (χ0n) is 14.8. The lowest BCUT2D eigenvalue weighted by atomic mass is 10.2. The Labute approximate surface area is 158 Å². The van der Waals surface area contributed by atoms with Gasteiger partial charge >= 0.3 is 12.6 Å². The van der Waals surface area contributed by atoms with Crippen molar-refractivity contribution in [3.8, 4) is 11.5 Å². The van der Waals surface area contributed by atoms with Crippen molar-refractivity contribution in [3.63, 3.8) is 0 Å². The largest absolute Gasteiger partial charge is 0.493 e. The van der Waals surface area contributed by atoms with Crippen molar-refractivity contribution >= 4 is 17.0 Å². The first kappa shape index (κ1) is 19.3. The molecule has 7 nitrogen and oxygen atoms in total. The Morgan fingerprint density at radius 2 is 1.96 bits per heavy atom. The Hall–Kier alpha value is -3.49. The predicted octanol–water partition coefficient (Wildman–Crippen LogP) is 2.75. The minimum absolute atomic E-state index is 0.0881. The molecule has 0 fully saturated rings. The van der Waals surface area contributed by atoms with Crippen molar-refractivity contribution in [2.75, 3.05) is 7.11 Å². The van der Waals surface area contributed by atoms with Crippen molar-refractivity contribution in [3.05, 3.63) is 64.6 Å². The average molecular weight is 390 g/mol. The zero-order valence-corrected chi connectivity index (χ0v) is 14.8. The fourth-order valence-electron chi connectivity index (χ4n) is 2.61. The van der Waals surface area contributed by atoms with Crippen LogP contribution in [0, 0.1) is 0 Å². The van der Waals surface area contributed by atoms with Crippen LogP contribution in [0.4, 0.5) is 8.78 Å². The molecule has 2 aromatic carbocycles. The molecule has 0 aliphatic rings. The van der Waals surface area contributed by atoms with Crippen LogP contribution in [0.15, 0.2) is 53.5 Å². The number of halogens is 2. The van der Waals surface area contributed by atoms with Crippen molar-refractivity contribution in [2.24, 2.45) is 0 Å². The second-order valence-electron chi connectivity index (χ2n) is 5.70. The summed E-state index contributed by atoms with van der Waals surface area (Å²) in [6, 6.07) is 11.1. The van der Waals surface area contributed by atoms with Crippen LogP contribution in [0.1, 0.15) is 5.56 Å². The van der Waals surface area contributed by atoms with Gasteiger partial charge in [0.15, 0.2) is 11.5 Å². The normalized spacial score (nSPS) is 10.9. The van der Waals surface area contributed by atoms with E-state index in [2.05, 4.69) is 9.72 Å². The summed E-state index contributed by atoms with van der Waals surface area (Å²) in [5, 5.41) is 0. The van der Waals surface area contributed by atoms with Gasteiger partial charge in [0.05, 0.1) is 24.3 Å². The number of rotatable bonds is 7. The highest BCUT2D eigenvalue weighted by atomic mass is 19.3. The molecule has 0 aliphatic heterocycles. The molecule has 0 saturated carbocycles. The van der Waals surface area contributed by atoms with E-state index in [1.165, 1.54) is 29.9 Å². The number of carbonyl (C=O) groups is 1. The van der Waals surface area contributed by atoms with Crippen LogP contribution in [0.2, 0.25) is 0 Å². The topological polar surface area (TPSA) is 79.7 Å². The van der Waals surface area contributed by atoms with Gasteiger partial charge in [0.1, 0.15) is 13.2 Å². The van der Waals surface area contributed by atoms with Gasteiger partial charge in [0.25, 0.3) is 5.56 Å². The molecule has 0 N–H and O–H groups in total. The summed E-state index contributed by atoms with van der Waals surface area (Å²) in [7, 11) is 1.31. The van der Waals surface area contributed by atoms with Crippen LogP contribution in [-0.2, 0) is 22.7 Å². The summed E-state index contributed by atoms with van der Waals surface area (Å²) >= 11 is 0. The molecule has 0 atom stereocenters. The van der Waals surface area contributed by atoms with Crippen molar-refractivity contribution in [1.82, 2.24) is 9.55 Å². The maximum absolute atomic E-state index is 12.4. The second kappa shape index (κ2) is 8.47. The molecule has 0 saturated heterocycles. The average Bonchev–Trinajstić information content (AvgIpc) is 2.69. The Balaban J connectivity index is 1.70. The van der Waals surface area contributed by atoms with E-state index in [9.17, 15) is 18.4 Å². The SMILES string of the molecule is COc1cc(COC(=O)Cn2c(=O)cnc3ccccc32)ccc1OC(F)F. The lowest BCUT2D eigenvalue weighted by Gasteiger charge is -2.12. The van der Waals surface area contributed by atoms with Crippen LogP contribution >= 0.6 is 0 Å². The molecule has 3 rings (SSSR count). The van der Waals surface area contributed by atoms with E-state index in [0.717, 1.165) is 6.20 Å². The predicted molar refractivity (Wildman–Crippen MR) is 95.4 cm³/mol. The monoisotopic (exact) mass is 390 g/mol. The van der Waals surface area contributed by atoms with Gasteiger partial charge in [-0.1, -0.05) is 18.2 Å². The summed E-state index contributed by atoms with van der Waals surface area (Å²) in [4.78, 5) is 28.3. The number of fused-ring (bicyclic) bond motifs is 1. The molecule has 0 radical (unpaired) electrons. The Morgan fingerprint density at radius 1 is 1.18 bits per heavy atom. The zero-order chi connectivity index (χ0) is 20.1.